The van der Waals surface area contributed by atoms with E-state index in [2.05, 4.69) is 417 Å². The number of nitriles is 1. The van der Waals surface area contributed by atoms with Gasteiger partial charge in [0.1, 0.15) is 0 Å². The predicted octanol–water partition coefficient (Wildman–Crippen LogP) is 26.3. The van der Waals surface area contributed by atoms with Gasteiger partial charge >= 0.3 is 0 Å². The molecule has 2 aliphatic rings. The monoisotopic (exact) mass is 1420 g/mol. The topological polar surface area (TPSA) is 40.1 Å². The summed E-state index contributed by atoms with van der Waals surface area (Å²) < 4.78 is 5.04. The Morgan fingerprint density at radius 3 is 0.780 bits per heavy atom. The molecule has 13 aromatic carbocycles. The third kappa shape index (κ3) is 12.0. The summed E-state index contributed by atoms with van der Waals surface area (Å²) in [4.78, 5) is 5.20. The highest BCUT2D eigenvalue weighted by atomic mass is 15.2. The molecule has 0 N–H and O–H groups in total. The van der Waals surface area contributed by atoms with Crippen LogP contribution in [0.2, 0.25) is 0 Å². The summed E-state index contributed by atoms with van der Waals surface area (Å²) in [5, 5.41) is 17.2. The summed E-state index contributed by atoms with van der Waals surface area (Å²) in [5.74, 6) is 0. The van der Waals surface area contributed by atoms with Crippen LogP contribution in [0.1, 0.15) is 164 Å². The van der Waals surface area contributed by atoms with Crippen molar-refractivity contribution in [2.75, 3.05) is 9.80 Å². The van der Waals surface area contributed by atoms with E-state index in [1.807, 2.05) is 0 Å². The summed E-state index contributed by atoms with van der Waals surface area (Å²) in [6, 6.07) is 105. The quantitative estimate of drug-likeness (QED) is 0.142. The molecule has 0 bridgehead atoms. The van der Waals surface area contributed by atoms with E-state index in [9.17, 15) is 5.26 Å². The van der Waals surface area contributed by atoms with Gasteiger partial charge in [-0.1, -0.05) is 282 Å². The Kier molecular flexibility index (Phi) is 16.4. The van der Waals surface area contributed by atoms with Crippen molar-refractivity contribution in [2.24, 2.45) is 0 Å². The number of benzene rings is 13. The van der Waals surface area contributed by atoms with Gasteiger partial charge in [0.2, 0.25) is 0 Å². The van der Waals surface area contributed by atoms with Gasteiger partial charge in [0.15, 0.2) is 0 Å². The lowest BCUT2D eigenvalue weighted by atomic mass is 9.33. The molecule has 2 aliphatic heterocycles. The first-order valence-electron chi connectivity index (χ1n) is 39.1. The van der Waals surface area contributed by atoms with Crippen molar-refractivity contribution in [3.05, 3.63) is 306 Å². The smallest absolute Gasteiger partial charge is 0.252 e. The Labute approximate surface area is 645 Å². The van der Waals surface area contributed by atoms with Crippen molar-refractivity contribution in [3.8, 4) is 62.0 Å². The standard InChI is InChI=1S/C103H98BN5/c1-98(2,3)69-39-47-87-81(53-69)82-54-70(99(4,5)6)40-48-88(82)106(87)75-43-45-85-91(61-75)108(96-77(65-31-23-19-24-32-65)57-73(102(13,14)15)58-78(96)66-33-25-20-26-34-66)93-51-64(63-105)52-94-95(93)104(85)86-46-44-76(107-89-49-41-71(100(7,8)9)55-83(89)84-56-72(101(10,11)12)42-50-90(84)107)62-92(86)109(94)97-79(67-35-27-21-28-36-67)59-74(103(16,17)18)60-80(97)68-37-29-22-30-38-68/h19-62H,1-18H3. The minimum Gasteiger partial charge on any atom is -0.310 e. The first-order valence-corrected chi connectivity index (χ1v) is 39.1. The SMILES string of the molecule is CC(C)(C)c1cc(-c2ccccc2)c(N2c3cc(-n4c5ccc(C(C)(C)C)cc5c5cc(C(C)(C)C)ccc54)ccc3B3c4ccc(-n5c6ccc(C(C)(C)C)cc6c6cc(C(C)(C)C)ccc65)cc4N(c4c(-c5ccccc5)cc(C(C)(C)C)cc4-c4ccccc4)c4cc(C#N)cc2c43)c(-c2ccccc2)c1. The minimum atomic E-state index is -0.342. The molecular formula is C103H98BN5. The van der Waals surface area contributed by atoms with E-state index in [0.29, 0.717) is 5.56 Å². The maximum atomic E-state index is 12.3. The third-order valence-electron chi connectivity index (χ3n) is 23.4. The van der Waals surface area contributed by atoms with Crippen LogP contribution in [0.5, 0.6) is 0 Å². The number of aromatic nitrogens is 2. The summed E-state index contributed by atoms with van der Waals surface area (Å²) in [7, 11) is 0. The van der Waals surface area contributed by atoms with Gasteiger partial charge in [-0.15, -0.1) is 0 Å². The van der Waals surface area contributed by atoms with E-state index >= 15 is 0 Å². The van der Waals surface area contributed by atoms with Gasteiger partial charge in [0.05, 0.1) is 45.1 Å². The zero-order valence-corrected chi connectivity index (χ0v) is 66.7. The van der Waals surface area contributed by atoms with Crippen molar-refractivity contribution in [1.82, 2.24) is 9.13 Å². The van der Waals surface area contributed by atoms with Crippen LogP contribution >= 0.6 is 0 Å². The number of hydrogen-bond acceptors (Lipinski definition) is 3. The maximum Gasteiger partial charge on any atom is 0.252 e. The maximum absolute atomic E-state index is 12.3. The van der Waals surface area contributed by atoms with Crippen LogP contribution in [-0.4, -0.2) is 15.8 Å². The van der Waals surface area contributed by atoms with Crippen molar-refractivity contribution < 1.29 is 0 Å². The molecule has 0 fully saturated rings. The first-order chi connectivity index (χ1) is 51.8. The Bertz CT molecular complexity index is 5580. The van der Waals surface area contributed by atoms with Crippen LogP contribution in [0.3, 0.4) is 0 Å². The molecule has 0 radical (unpaired) electrons. The van der Waals surface area contributed by atoms with Gasteiger partial charge in [-0.25, -0.2) is 0 Å². The van der Waals surface area contributed by atoms with Crippen molar-refractivity contribution in [2.45, 2.75) is 157 Å². The Balaban J connectivity index is 1.06. The normalized spacial score (nSPS) is 13.3. The first kappa shape index (κ1) is 70.6. The van der Waals surface area contributed by atoms with Crippen molar-refractivity contribution in [3.63, 3.8) is 0 Å². The largest absolute Gasteiger partial charge is 0.310 e. The summed E-state index contributed by atoms with van der Waals surface area (Å²) in [6.07, 6.45) is 0. The molecule has 0 saturated carbocycles. The summed E-state index contributed by atoms with van der Waals surface area (Å²) in [5.41, 5.74) is 32.4. The molecule has 0 atom stereocenters. The average Bonchev–Trinajstić information content (AvgIpc) is 1.10. The van der Waals surface area contributed by atoms with Crippen molar-refractivity contribution >= 4 is 101 Å². The van der Waals surface area contributed by atoms with Crippen LogP contribution in [0.25, 0.3) is 99.5 Å². The van der Waals surface area contributed by atoms with Gasteiger partial charge in [-0.05, 0) is 214 Å². The highest BCUT2D eigenvalue weighted by Gasteiger charge is 2.46. The highest BCUT2D eigenvalue weighted by Crippen LogP contribution is 2.56. The number of nitrogens with zero attached hydrogens (tertiary/aromatic N) is 5. The lowest BCUT2D eigenvalue weighted by molar-refractivity contribution is 0.590. The van der Waals surface area contributed by atoms with Gasteiger partial charge < -0.3 is 18.9 Å². The van der Waals surface area contributed by atoms with Gasteiger partial charge in [-0.2, -0.15) is 5.26 Å². The zero-order valence-electron chi connectivity index (χ0n) is 66.7. The molecule has 15 aromatic rings. The van der Waals surface area contributed by atoms with E-state index in [1.165, 1.54) is 54.9 Å². The Hall–Kier alpha value is -11.4. The number of anilines is 6. The molecule has 6 heteroatoms. The molecular weight excluding hydrogens is 1320 g/mol. The Morgan fingerprint density at radius 2 is 0.532 bits per heavy atom. The average molecular weight is 1420 g/mol. The van der Waals surface area contributed by atoms with E-state index < -0.39 is 0 Å². The third-order valence-corrected chi connectivity index (χ3v) is 23.4. The molecule has 4 heterocycles. The zero-order chi connectivity index (χ0) is 76.3. The van der Waals surface area contributed by atoms with E-state index in [4.69, 9.17) is 0 Å². The predicted molar refractivity (Wildman–Crippen MR) is 468 cm³/mol. The molecule has 0 unspecified atom stereocenters. The molecule has 5 nitrogen and oxygen atoms in total. The van der Waals surface area contributed by atoms with Crippen LogP contribution in [0, 0.1) is 11.3 Å². The molecule has 2 aromatic heterocycles. The van der Waals surface area contributed by atoms with E-state index in [1.54, 1.807) is 0 Å². The van der Waals surface area contributed by atoms with Crippen LogP contribution in [0.4, 0.5) is 34.1 Å². The van der Waals surface area contributed by atoms with Crippen LogP contribution in [-0.2, 0) is 32.5 Å². The molecule has 109 heavy (non-hydrogen) atoms. The van der Waals surface area contributed by atoms with Crippen molar-refractivity contribution in [1.29, 1.82) is 5.26 Å². The summed E-state index contributed by atoms with van der Waals surface area (Å²) in [6.45, 7) is 41.5. The fraction of sp³-hybridized carbons (Fsp3) is 0.233. The van der Waals surface area contributed by atoms with Crippen LogP contribution in [0.15, 0.2) is 267 Å². The lowest BCUT2D eigenvalue weighted by Crippen LogP contribution is -2.61. The second kappa shape index (κ2) is 25.4. The molecule has 0 spiro atoms. The number of fused-ring (bicyclic) bond motifs is 10. The second-order valence-corrected chi connectivity index (χ2v) is 37.0. The molecule has 538 valence electrons. The lowest BCUT2D eigenvalue weighted by Gasteiger charge is -2.46. The fourth-order valence-electron chi connectivity index (χ4n) is 17.2. The molecule has 0 saturated heterocycles. The number of rotatable bonds is 8. The fourth-order valence-corrected chi connectivity index (χ4v) is 17.2. The molecule has 0 aliphatic carbocycles. The van der Waals surface area contributed by atoms with Gasteiger partial charge in [-0.3, -0.25) is 0 Å². The summed E-state index contributed by atoms with van der Waals surface area (Å²) >= 11 is 0. The second-order valence-electron chi connectivity index (χ2n) is 37.0. The highest BCUT2D eigenvalue weighted by molar-refractivity contribution is 7.00. The van der Waals surface area contributed by atoms with E-state index in [0.717, 1.165) is 128 Å². The molecule has 17 rings (SSSR count). The molecule has 0 amide bonds. The van der Waals surface area contributed by atoms with E-state index in [-0.39, 0.29) is 39.2 Å². The van der Waals surface area contributed by atoms with Gasteiger partial charge in [0.25, 0.3) is 6.71 Å². The Morgan fingerprint density at radius 1 is 0.266 bits per heavy atom. The van der Waals surface area contributed by atoms with Crippen LogP contribution < -0.4 is 26.2 Å². The minimum absolute atomic E-state index is 0.0783. The number of hydrogen-bond donors (Lipinski definition) is 0. The van der Waals surface area contributed by atoms with Gasteiger partial charge in [0, 0.05) is 77.9 Å².